The number of hydrogen-bond donors (Lipinski definition) is 1. The van der Waals surface area contributed by atoms with E-state index in [9.17, 15) is 12.8 Å². The molecule has 3 aromatic rings. The van der Waals surface area contributed by atoms with E-state index < -0.39 is 16.7 Å². The molecule has 2 heterocycles. The van der Waals surface area contributed by atoms with Crippen LogP contribution in [-0.2, 0) is 16.4 Å². The number of hydrogen-bond acceptors (Lipinski definition) is 6. The number of halogens is 2. The lowest BCUT2D eigenvalue weighted by Gasteiger charge is -2.29. The number of alkyl halides is 1. The number of aromatic nitrogens is 2. The van der Waals surface area contributed by atoms with Crippen LogP contribution in [0.4, 0.5) is 16.2 Å². The van der Waals surface area contributed by atoms with Crippen molar-refractivity contribution in [2.45, 2.75) is 6.42 Å². The first-order valence-electron chi connectivity index (χ1n) is 10.5. The van der Waals surface area contributed by atoms with Crippen molar-refractivity contribution in [1.82, 2.24) is 15.3 Å². The zero-order valence-corrected chi connectivity index (χ0v) is 19.1. The Balaban J connectivity index is 1.71. The Morgan fingerprint density at radius 1 is 1.06 bits per heavy atom. The van der Waals surface area contributed by atoms with Gasteiger partial charge in [-0.3, -0.25) is 4.31 Å². The molecule has 0 radical (unpaired) electrons. The van der Waals surface area contributed by atoms with Crippen molar-refractivity contribution >= 4 is 44.3 Å². The maximum atomic E-state index is 13.5. The molecule has 1 aromatic heterocycles. The molecule has 0 saturated carbocycles. The smallest absolute Gasteiger partial charge is 0.236 e. The minimum atomic E-state index is -3.85. The minimum absolute atomic E-state index is 0.171. The van der Waals surface area contributed by atoms with E-state index in [0.29, 0.717) is 35.0 Å². The number of rotatable bonds is 8. The maximum Gasteiger partial charge on any atom is 0.236 e. The number of aryl methyl sites for hydroxylation is 1. The molecule has 0 unspecified atom stereocenters. The monoisotopic (exact) mass is 477 g/mol. The molecule has 1 aliphatic rings. The van der Waals surface area contributed by atoms with Gasteiger partial charge in [-0.05, 0) is 36.2 Å². The summed E-state index contributed by atoms with van der Waals surface area (Å²) in [5.41, 5.74) is 1.47. The Hall–Kier alpha value is -2.49. The zero-order chi connectivity index (χ0) is 22.6. The van der Waals surface area contributed by atoms with E-state index in [0.717, 1.165) is 23.0 Å². The lowest BCUT2D eigenvalue weighted by Crippen LogP contribution is -2.44. The highest BCUT2D eigenvalue weighted by Gasteiger charge is 2.27. The van der Waals surface area contributed by atoms with Crippen LogP contribution in [0.1, 0.15) is 5.56 Å². The van der Waals surface area contributed by atoms with Crippen LogP contribution in [0.3, 0.4) is 0 Å². The molecule has 0 spiro atoms. The van der Waals surface area contributed by atoms with Gasteiger partial charge >= 0.3 is 0 Å². The molecule has 0 bridgehead atoms. The molecule has 1 N–H and O–H groups in total. The summed E-state index contributed by atoms with van der Waals surface area (Å²) in [5, 5.41) is 4.44. The summed E-state index contributed by atoms with van der Waals surface area (Å²) >= 11 is 5.92. The standard InChI is InChI=1S/C22H25ClFN5O2S/c23-18-7-5-17(6-8-18)9-16-32(30,31)29(13-10-24)21-19-3-1-2-4-20(19)26-22(27-21)28-14-11-25-12-15-28/h1-8,25H,9-16H2. The molecule has 10 heteroatoms. The molecule has 1 saturated heterocycles. The Labute approximate surface area is 192 Å². The van der Waals surface area contributed by atoms with Crippen LogP contribution >= 0.6 is 11.6 Å². The van der Waals surface area contributed by atoms with Gasteiger partial charge in [0.15, 0.2) is 5.82 Å². The van der Waals surface area contributed by atoms with Crippen LogP contribution < -0.4 is 14.5 Å². The fourth-order valence-corrected chi connectivity index (χ4v) is 5.30. The van der Waals surface area contributed by atoms with E-state index in [1.165, 1.54) is 0 Å². The highest BCUT2D eigenvalue weighted by Crippen LogP contribution is 2.29. The first kappa shape index (κ1) is 22.7. The number of benzene rings is 2. The number of anilines is 2. The predicted molar refractivity (Wildman–Crippen MR) is 127 cm³/mol. The summed E-state index contributed by atoms with van der Waals surface area (Å²) in [4.78, 5) is 11.3. The van der Waals surface area contributed by atoms with Crippen molar-refractivity contribution in [3.63, 3.8) is 0 Å². The summed E-state index contributed by atoms with van der Waals surface area (Å²) in [6, 6.07) is 14.3. The van der Waals surface area contributed by atoms with Crippen molar-refractivity contribution < 1.29 is 12.8 Å². The van der Waals surface area contributed by atoms with Gasteiger partial charge in [-0.1, -0.05) is 35.9 Å². The van der Waals surface area contributed by atoms with Crippen molar-refractivity contribution in [2.24, 2.45) is 0 Å². The quantitative estimate of drug-likeness (QED) is 0.537. The average Bonchev–Trinajstić information content (AvgIpc) is 2.82. The predicted octanol–water partition coefficient (Wildman–Crippen LogP) is 3.04. The largest absolute Gasteiger partial charge is 0.338 e. The molecule has 2 aromatic carbocycles. The number of para-hydroxylation sites is 1. The summed E-state index contributed by atoms with van der Waals surface area (Å²) in [7, 11) is -3.85. The first-order chi connectivity index (χ1) is 15.5. The Morgan fingerprint density at radius 3 is 2.50 bits per heavy atom. The molecule has 1 aliphatic heterocycles. The van der Waals surface area contributed by atoms with E-state index in [1.54, 1.807) is 36.4 Å². The van der Waals surface area contributed by atoms with Gasteiger partial charge in [0.05, 0.1) is 17.8 Å². The van der Waals surface area contributed by atoms with Crippen molar-refractivity contribution in [1.29, 1.82) is 0 Å². The van der Waals surface area contributed by atoms with Gasteiger partial charge in [-0.2, -0.15) is 4.98 Å². The van der Waals surface area contributed by atoms with Crippen LogP contribution in [0.15, 0.2) is 48.5 Å². The molecular formula is C22H25ClFN5O2S. The summed E-state index contributed by atoms with van der Waals surface area (Å²) in [6.45, 7) is 1.89. The van der Waals surface area contributed by atoms with E-state index >= 15 is 0 Å². The molecule has 0 aliphatic carbocycles. The van der Waals surface area contributed by atoms with Crippen LogP contribution in [-0.4, -0.2) is 63.5 Å². The molecule has 32 heavy (non-hydrogen) atoms. The third-order valence-electron chi connectivity index (χ3n) is 5.39. The van der Waals surface area contributed by atoms with E-state index in [2.05, 4.69) is 15.3 Å². The lowest BCUT2D eigenvalue weighted by atomic mass is 10.2. The number of nitrogens with one attached hydrogen (secondary N) is 1. The average molecular weight is 478 g/mol. The van der Waals surface area contributed by atoms with Gasteiger partial charge in [0.25, 0.3) is 0 Å². The van der Waals surface area contributed by atoms with Gasteiger partial charge < -0.3 is 10.2 Å². The van der Waals surface area contributed by atoms with Gasteiger partial charge in [-0.15, -0.1) is 0 Å². The van der Waals surface area contributed by atoms with Crippen LogP contribution in [0, 0.1) is 0 Å². The summed E-state index contributed by atoms with van der Waals surface area (Å²) in [5.74, 6) is 0.505. The van der Waals surface area contributed by atoms with Crippen LogP contribution in [0.2, 0.25) is 5.02 Å². The zero-order valence-electron chi connectivity index (χ0n) is 17.5. The van der Waals surface area contributed by atoms with E-state index in [1.807, 2.05) is 17.0 Å². The van der Waals surface area contributed by atoms with E-state index in [-0.39, 0.29) is 24.5 Å². The van der Waals surface area contributed by atoms with Gasteiger partial charge in [0.1, 0.15) is 6.67 Å². The highest BCUT2D eigenvalue weighted by atomic mass is 35.5. The van der Waals surface area contributed by atoms with Crippen molar-refractivity contribution in [3.05, 3.63) is 59.1 Å². The molecule has 0 atom stereocenters. The SMILES string of the molecule is O=S(=O)(CCc1ccc(Cl)cc1)N(CCF)c1nc(N2CCNCC2)nc2ccccc12. The number of nitrogens with zero attached hydrogens (tertiary/aromatic N) is 4. The Bertz CT molecular complexity index is 1170. The Kier molecular flexibility index (Phi) is 7.07. The number of piperazine rings is 1. The first-order valence-corrected chi connectivity index (χ1v) is 12.5. The molecule has 1 fully saturated rings. The third-order valence-corrected chi connectivity index (χ3v) is 7.39. The van der Waals surface area contributed by atoms with Gasteiger partial charge in [0.2, 0.25) is 16.0 Å². The Morgan fingerprint density at radius 2 is 1.78 bits per heavy atom. The summed E-state index contributed by atoms with van der Waals surface area (Å²) in [6.07, 6.45) is 0.288. The van der Waals surface area contributed by atoms with Crippen LogP contribution in [0.5, 0.6) is 0 Å². The molecule has 7 nitrogen and oxygen atoms in total. The molecular weight excluding hydrogens is 453 g/mol. The molecule has 4 rings (SSSR count). The van der Waals surface area contributed by atoms with Crippen LogP contribution in [0.25, 0.3) is 10.9 Å². The maximum absolute atomic E-state index is 13.5. The molecule has 170 valence electrons. The molecule has 0 amide bonds. The normalized spacial score (nSPS) is 14.6. The topological polar surface area (TPSA) is 78.4 Å². The minimum Gasteiger partial charge on any atom is -0.338 e. The second-order valence-electron chi connectivity index (χ2n) is 7.56. The summed E-state index contributed by atoms with van der Waals surface area (Å²) < 4.78 is 41.3. The third kappa shape index (κ3) is 5.11. The second kappa shape index (κ2) is 9.97. The fraction of sp³-hybridized carbons (Fsp3) is 0.364. The number of fused-ring (bicyclic) bond motifs is 1. The lowest BCUT2D eigenvalue weighted by molar-refractivity contribution is 0.499. The van der Waals surface area contributed by atoms with Gasteiger partial charge in [0, 0.05) is 36.6 Å². The second-order valence-corrected chi connectivity index (χ2v) is 10.0. The van der Waals surface area contributed by atoms with Gasteiger partial charge in [-0.25, -0.2) is 17.8 Å². The fourth-order valence-electron chi connectivity index (χ4n) is 3.71. The highest BCUT2D eigenvalue weighted by molar-refractivity contribution is 7.92. The van der Waals surface area contributed by atoms with Crippen molar-refractivity contribution in [3.8, 4) is 0 Å². The van der Waals surface area contributed by atoms with Crippen molar-refractivity contribution in [2.75, 3.05) is 54.4 Å². The number of sulfonamides is 1. The van der Waals surface area contributed by atoms with E-state index in [4.69, 9.17) is 11.6 Å².